The zero-order chi connectivity index (χ0) is 20.6. The maximum absolute atomic E-state index is 5.96. The van der Waals surface area contributed by atoms with E-state index in [0.29, 0.717) is 12.7 Å². The third kappa shape index (κ3) is 11.5. The topological polar surface area (TPSA) is 55.3 Å². The summed E-state index contributed by atoms with van der Waals surface area (Å²) < 4.78 is 16.8. The highest BCUT2D eigenvalue weighted by Gasteiger charge is 2.21. The molecule has 0 unspecified atom stereocenters. The van der Waals surface area contributed by atoms with Gasteiger partial charge in [0.1, 0.15) is 0 Å². The average molecular weight is 533 g/mol. The molecule has 1 aliphatic rings. The summed E-state index contributed by atoms with van der Waals surface area (Å²) in [6.45, 7) is 8.89. The number of unbranched alkanes of at least 4 members (excludes halogenated alkanes) is 1. The van der Waals surface area contributed by atoms with Crippen molar-refractivity contribution >= 4 is 29.9 Å². The summed E-state index contributed by atoms with van der Waals surface area (Å²) in [5.74, 6) is 1.04. The highest BCUT2D eigenvalue weighted by Crippen LogP contribution is 2.14. The van der Waals surface area contributed by atoms with Crippen molar-refractivity contribution in [2.75, 3.05) is 53.1 Å². The zero-order valence-electron chi connectivity index (χ0n) is 18.7. The quantitative estimate of drug-likeness (QED) is 0.179. The predicted octanol–water partition coefficient (Wildman–Crippen LogP) is 4.08. The van der Waals surface area contributed by atoms with Crippen LogP contribution in [0, 0.1) is 0 Å². The van der Waals surface area contributed by atoms with Crippen molar-refractivity contribution in [2.45, 2.75) is 51.7 Å². The van der Waals surface area contributed by atoms with E-state index in [9.17, 15) is 0 Å². The largest absolute Gasteiger partial charge is 0.385 e. The maximum atomic E-state index is 5.96. The van der Waals surface area contributed by atoms with Crippen LogP contribution in [0.4, 0.5) is 0 Å². The third-order valence-electron chi connectivity index (χ3n) is 4.99. The lowest BCUT2D eigenvalue weighted by atomic mass is 10.1. The molecule has 30 heavy (non-hydrogen) atoms. The van der Waals surface area contributed by atoms with Gasteiger partial charge in [-0.15, -0.1) is 24.0 Å². The van der Waals surface area contributed by atoms with Crippen LogP contribution in [-0.4, -0.2) is 70.1 Å². The number of nitrogens with zero attached hydrogens (tertiary/aromatic N) is 2. The van der Waals surface area contributed by atoms with Gasteiger partial charge < -0.3 is 24.4 Å². The predicted molar refractivity (Wildman–Crippen MR) is 134 cm³/mol. The number of hydrogen-bond donors (Lipinski definition) is 1. The second-order valence-electron chi connectivity index (χ2n) is 7.38. The van der Waals surface area contributed by atoms with Crippen LogP contribution in [0.2, 0.25) is 0 Å². The monoisotopic (exact) mass is 533 g/mol. The van der Waals surface area contributed by atoms with Gasteiger partial charge in [0.05, 0.1) is 12.7 Å². The van der Waals surface area contributed by atoms with Gasteiger partial charge in [-0.25, -0.2) is 0 Å². The van der Waals surface area contributed by atoms with Crippen molar-refractivity contribution in [1.82, 2.24) is 10.2 Å². The fourth-order valence-electron chi connectivity index (χ4n) is 3.38. The van der Waals surface area contributed by atoms with Crippen LogP contribution < -0.4 is 5.32 Å². The highest BCUT2D eigenvalue weighted by atomic mass is 127. The Hall–Kier alpha value is -0.900. The molecule has 0 bridgehead atoms. The number of halogens is 1. The highest BCUT2D eigenvalue weighted by molar-refractivity contribution is 14.0. The summed E-state index contributed by atoms with van der Waals surface area (Å²) in [7, 11) is 1.73. The molecular weight excluding hydrogens is 493 g/mol. The van der Waals surface area contributed by atoms with Crippen LogP contribution in [0.3, 0.4) is 0 Å². The molecule has 1 aromatic rings. The van der Waals surface area contributed by atoms with E-state index < -0.39 is 0 Å². The van der Waals surface area contributed by atoms with Crippen molar-refractivity contribution < 1.29 is 14.2 Å². The van der Waals surface area contributed by atoms with Gasteiger partial charge in [-0.3, -0.25) is 4.99 Å². The molecule has 1 saturated heterocycles. The first-order chi connectivity index (χ1) is 14.3. The summed E-state index contributed by atoms with van der Waals surface area (Å²) in [4.78, 5) is 7.19. The van der Waals surface area contributed by atoms with E-state index in [1.807, 2.05) is 18.2 Å². The van der Waals surface area contributed by atoms with Crippen molar-refractivity contribution in [2.24, 2.45) is 4.99 Å². The standard InChI is InChI=1S/C23H39N3O3.HI/c1-3-24-23(26-15-12-22(13-16-26)29-19-9-17-27-2)25-14-7-8-18-28-20-21-10-5-4-6-11-21;/h4-6,10-11,22H,3,7-9,12-20H2,1-2H3,(H,24,25);1H. The van der Waals surface area contributed by atoms with Crippen LogP contribution in [0.25, 0.3) is 0 Å². The van der Waals surface area contributed by atoms with E-state index in [-0.39, 0.29) is 24.0 Å². The van der Waals surface area contributed by atoms with E-state index in [2.05, 4.69) is 29.3 Å². The lowest BCUT2D eigenvalue weighted by molar-refractivity contribution is 0.00990. The Morgan fingerprint density at radius 3 is 2.53 bits per heavy atom. The van der Waals surface area contributed by atoms with Gasteiger partial charge >= 0.3 is 0 Å². The lowest BCUT2D eigenvalue weighted by Gasteiger charge is -2.34. The molecule has 2 rings (SSSR count). The summed E-state index contributed by atoms with van der Waals surface area (Å²) in [5.41, 5.74) is 1.23. The molecule has 6 nitrogen and oxygen atoms in total. The summed E-state index contributed by atoms with van der Waals surface area (Å²) in [6, 6.07) is 10.3. The van der Waals surface area contributed by atoms with Gasteiger partial charge in [0.15, 0.2) is 5.96 Å². The molecule has 0 spiro atoms. The Balaban J connectivity index is 0.00000450. The van der Waals surface area contributed by atoms with Gasteiger partial charge in [-0.1, -0.05) is 30.3 Å². The smallest absolute Gasteiger partial charge is 0.193 e. The first kappa shape index (κ1) is 27.1. The Labute approximate surface area is 199 Å². The molecule has 1 aromatic carbocycles. The number of ether oxygens (including phenoxy) is 3. The Bertz CT molecular complexity index is 552. The first-order valence-electron chi connectivity index (χ1n) is 11.1. The van der Waals surface area contributed by atoms with Crippen molar-refractivity contribution in [3.63, 3.8) is 0 Å². The van der Waals surface area contributed by atoms with E-state index in [1.54, 1.807) is 7.11 Å². The minimum atomic E-state index is 0. The second-order valence-corrected chi connectivity index (χ2v) is 7.38. The van der Waals surface area contributed by atoms with Crippen molar-refractivity contribution in [1.29, 1.82) is 0 Å². The van der Waals surface area contributed by atoms with Crippen LogP contribution in [0.1, 0.15) is 44.6 Å². The fourth-order valence-corrected chi connectivity index (χ4v) is 3.38. The molecule has 172 valence electrons. The van der Waals surface area contributed by atoms with Gasteiger partial charge in [0.25, 0.3) is 0 Å². The maximum Gasteiger partial charge on any atom is 0.193 e. The average Bonchev–Trinajstić information content (AvgIpc) is 2.76. The van der Waals surface area contributed by atoms with Gasteiger partial charge in [0.2, 0.25) is 0 Å². The molecule has 1 fully saturated rings. The number of nitrogens with one attached hydrogen (secondary N) is 1. The van der Waals surface area contributed by atoms with Gasteiger partial charge in [-0.05, 0) is 44.6 Å². The molecule has 0 aliphatic carbocycles. The molecule has 0 radical (unpaired) electrons. The molecule has 1 heterocycles. The van der Waals surface area contributed by atoms with E-state index in [4.69, 9.17) is 19.2 Å². The number of aliphatic imine (C=N–C) groups is 1. The summed E-state index contributed by atoms with van der Waals surface area (Å²) in [6.07, 6.45) is 5.54. The molecule has 1 N–H and O–H groups in total. The lowest BCUT2D eigenvalue weighted by Crippen LogP contribution is -2.47. The molecule has 0 saturated carbocycles. The summed E-state index contributed by atoms with van der Waals surface area (Å²) >= 11 is 0. The number of methoxy groups -OCH3 is 1. The minimum absolute atomic E-state index is 0. The molecule has 7 heteroatoms. The van der Waals surface area contributed by atoms with Crippen LogP contribution in [0.15, 0.2) is 35.3 Å². The minimum Gasteiger partial charge on any atom is -0.385 e. The fraction of sp³-hybridized carbons (Fsp3) is 0.696. The number of rotatable bonds is 13. The Morgan fingerprint density at radius 2 is 1.83 bits per heavy atom. The number of piperidine rings is 1. The number of guanidine groups is 1. The van der Waals surface area contributed by atoms with Crippen LogP contribution in [-0.2, 0) is 20.8 Å². The number of likely N-dealkylation sites (tertiary alicyclic amines) is 1. The first-order valence-corrected chi connectivity index (χ1v) is 11.1. The third-order valence-corrected chi connectivity index (χ3v) is 4.99. The molecule has 0 aromatic heterocycles. The second kappa shape index (κ2) is 17.7. The van der Waals surface area contributed by atoms with Crippen LogP contribution >= 0.6 is 24.0 Å². The van der Waals surface area contributed by atoms with Gasteiger partial charge in [-0.2, -0.15) is 0 Å². The number of benzene rings is 1. The zero-order valence-corrected chi connectivity index (χ0v) is 21.0. The van der Waals surface area contributed by atoms with Crippen molar-refractivity contribution in [3.8, 4) is 0 Å². The van der Waals surface area contributed by atoms with E-state index in [0.717, 1.165) is 84.1 Å². The van der Waals surface area contributed by atoms with E-state index in [1.165, 1.54) is 5.56 Å². The van der Waals surface area contributed by atoms with Crippen molar-refractivity contribution in [3.05, 3.63) is 35.9 Å². The molecule has 0 amide bonds. The molecule has 0 atom stereocenters. The SMILES string of the molecule is CCNC(=NCCCCOCc1ccccc1)N1CCC(OCCCOC)CC1.I. The molecular formula is C23H40IN3O3. The Morgan fingerprint density at radius 1 is 1.07 bits per heavy atom. The Kier molecular flexibility index (Phi) is 16.1. The van der Waals surface area contributed by atoms with E-state index >= 15 is 0 Å². The normalized spacial score (nSPS) is 15.1. The molecule has 1 aliphatic heterocycles. The summed E-state index contributed by atoms with van der Waals surface area (Å²) in [5, 5.41) is 3.44. The van der Waals surface area contributed by atoms with Crippen LogP contribution in [0.5, 0.6) is 0 Å². The number of hydrogen-bond acceptors (Lipinski definition) is 4. The van der Waals surface area contributed by atoms with Gasteiger partial charge in [0, 0.05) is 53.1 Å².